The van der Waals surface area contributed by atoms with Gasteiger partial charge in [-0.25, -0.2) is 9.78 Å². The van der Waals surface area contributed by atoms with Gasteiger partial charge in [0.15, 0.2) is 11.5 Å². The Hall–Kier alpha value is -2.41. The van der Waals surface area contributed by atoms with Crippen LogP contribution in [0, 0.1) is 0 Å². The Morgan fingerprint density at radius 2 is 2.08 bits per heavy atom. The summed E-state index contributed by atoms with van der Waals surface area (Å²) in [6.45, 7) is 1.77. The van der Waals surface area contributed by atoms with Crippen LogP contribution in [0.3, 0.4) is 0 Å². The molecule has 25 heavy (non-hydrogen) atoms. The van der Waals surface area contributed by atoms with Gasteiger partial charge >= 0.3 is 6.03 Å². The molecule has 132 valence electrons. The predicted molar refractivity (Wildman–Crippen MR) is 92.1 cm³/mol. The maximum absolute atomic E-state index is 12.1. The van der Waals surface area contributed by atoms with Crippen molar-refractivity contribution in [3.8, 4) is 0 Å². The van der Waals surface area contributed by atoms with Crippen molar-refractivity contribution in [1.29, 1.82) is 0 Å². The Bertz CT molecular complexity index is 750. The van der Waals surface area contributed by atoms with Crippen LogP contribution in [0.1, 0.15) is 37.5 Å². The van der Waals surface area contributed by atoms with Crippen molar-refractivity contribution in [2.45, 2.75) is 37.6 Å². The fourth-order valence-corrected chi connectivity index (χ4v) is 3.28. The first kappa shape index (κ1) is 16.1. The molecule has 1 aliphatic heterocycles. The van der Waals surface area contributed by atoms with Gasteiger partial charge in [0, 0.05) is 18.5 Å². The molecule has 1 saturated carbocycles. The summed E-state index contributed by atoms with van der Waals surface area (Å²) in [7, 11) is 0. The Morgan fingerprint density at radius 1 is 1.24 bits per heavy atom. The van der Waals surface area contributed by atoms with E-state index in [0.717, 1.165) is 49.2 Å². The molecule has 1 saturated heterocycles. The molecule has 2 aliphatic rings. The lowest BCUT2D eigenvalue weighted by molar-refractivity contribution is -0.121. The predicted octanol–water partition coefficient (Wildman–Crippen LogP) is 2.00. The van der Waals surface area contributed by atoms with Crippen LogP contribution in [0.15, 0.2) is 28.7 Å². The van der Waals surface area contributed by atoms with Crippen molar-refractivity contribution < 1.29 is 14.0 Å². The summed E-state index contributed by atoms with van der Waals surface area (Å²) in [5, 5.41) is 5.16. The summed E-state index contributed by atoms with van der Waals surface area (Å²) in [6, 6.07) is 7.58. The van der Waals surface area contributed by atoms with Gasteiger partial charge < -0.3 is 9.73 Å². The van der Waals surface area contributed by atoms with Crippen molar-refractivity contribution in [1.82, 2.24) is 20.5 Å². The van der Waals surface area contributed by atoms with Gasteiger partial charge in [0.1, 0.15) is 5.52 Å². The number of carbonyl (C=O) groups excluding carboxylic acids is 2. The number of oxazole rings is 1. The van der Waals surface area contributed by atoms with Crippen LogP contribution in [0.5, 0.6) is 0 Å². The lowest BCUT2D eigenvalue weighted by Crippen LogP contribution is -2.47. The van der Waals surface area contributed by atoms with Gasteiger partial charge in [-0.2, -0.15) is 0 Å². The van der Waals surface area contributed by atoms with Crippen LogP contribution in [0.2, 0.25) is 0 Å². The molecule has 2 heterocycles. The third kappa shape index (κ3) is 3.99. The molecule has 1 aliphatic carbocycles. The van der Waals surface area contributed by atoms with Crippen molar-refractivity contribution in [3.63, 3.8) is 0 Å². The zero-order chi connectivity index (χ0) is 17.2. The summed E-state index contributed by atoms with van der Waals surface area (Å²) >= 11 is 0. The zero-order valence-corrected chi connectivity index (χ0v) is 14.0. The number of aromatic nitrogens is 1. The van der Waals surface area contributed by atoms with Gasteiger partial charge in [-0.1, -0.05) is 12.1 Å². The van der Waals surface area contributed by atoms with Crippen molar-refractivity contribution in [2.75, 3.05) is 19.6 Å². The Labute approximate surface area is 145 Å². The molecule has 1 aromatic heterocycles. The van der Waals surface area contributed by atoms with Crippen LogP contribution in [-0.4, -0.2) is 47.5 Å². The largest absolute Gasteiger partial charge is 0.440 e. The average molecular weight is 342 g/mol. The third-order valence-electron chi connectivity index (χ3n) is 4.70. The maximum atomic E-state index is 12.1. The lowest BCUT2D eigenvalue weighted by Gasteiger charge is -2.30. The minimum absolute atomic E-state index is 0.175. The second-order valence-corrected chi connectivity index (χ2v) is 6.89. The van der Waals surface area contributed by atoms with Crippen molar-refractivity contribution in [3.05, 3.63) is 30.2 Å². The first-order chi connectivity index (χ1) is 12.2. The van der Waals surface area contributed by atoms with Gasteiger partial charge in [-0.3, -0.25) is 15.0 Å². The molecule has 1 atom stereocenters. The van der Waals surface area contributed by atoms with Crippen LogP contribution in [0.4, 0.5) is 4.79 Å². The van der Waals surface area contributed by atoms with E-state index in [4.69, 9.17) is 4.42 Å². The Balaban J connectivity index is 1.33. The van der Waals surface area contributed by atoms with Gasteiger partial charge in [-0.05, 0) is 44.4 Å². The summed E-state index contributed by atoms with van der Waals surface area (Å²) < 4.78 is 5.87. The highest BCUT2D eigenvalue weighted by molar-refractivity contribution is 5.95. The number of para-hydroxylation sites is 2. The van der Waals surface area contributed by atoms with E-state index in [1.165, 1.54) is 0 Å². The zero-order valence-electron chi connectivity index (χ0n) is 14.0. The number of hydrogen-bond acceptors (Lipinski definition) is 5. The summed E-state index contributed by atoms with van der Waals surface area (Å²) in [5.74, 6) is 0.642. The summed E-state index contributed by atoms with van der Waals surface area (Å²) in [4.78, 5) is 30.3. The normalized spacial score (nSPS) is 21.2. The highest BCUT2D eigenvalue weighted by Crippen LogP contribution is 2.28. The van der Waals surface area contributed by atoms with E-state index in [1.807, 2.05) is 24.3 Å². The Kier molecular flexibility index (Phi) is 4.40. The third-order valence-corrected chi connectivity index (χ3v) is 4.70. The number of hydrogen-bond donors (Lipinski definition) is 2. The molecule has 1 aromatic carbocycles. The van der Waals surface area contributed by atoms with Crippen LogP contribution < -0.4 is 10.6 Å². The number of nitrogens with one attached hydrogen (secondary N) is 2. The number of rotatable bonds is 4. The average Bonchev–Trinajstić information content (AvgIpc) is 3.29. The molecule has 0 bridgehead atoms. The van der Waals surface area contributed by atoms with Crippen LogP contribution >= 0.6 is 0 Å². The molecule has 0 unspecified atom stereocenters. The maximum Gasteiger partial charge on any atom is 0.321 e. The fraction of sp³-hybridized carbons (Fsp3) is 0.500. The second kappa shape index (κ2) is 6.84. The van der Waals surface area contributed by atoms with Crippen LogP contribution in [-0.2, 0) is 4.79 Å². The number of amides is 3. The van der Waals surface area contributed by atoms with E-state index >= 15 is 0 Å². The van der Waals surface area contributed by atoms with E-state index < -0.39 is 0 Å². The fourth-order valence-electron chi connectivity index (χ4n) is 3.28. The van der Waals surface area contributed by atoms with E-state index in [1.54, 1.807) is 0 Å². The number of urea groups is 1. The first-order valence-corrected chi connectivity index (χ1v) is 8.85. The molecule has 0 radical (unpaired) electrons. The van der Waals surface area contributed by atoms with E-state index in [-0.39, 0.29) is 30.4 Å². The highest BCUT2D eigenvalue weighted by atomic mass is 16.3. The number of imide groups is 1. The van der Waals surface area contributed by atoms with Gasteiger partial charge in [0.25, 0.3) is 0 Å². The molecule has 7 heteroatoms. The molecule has 7 nitrogen and oxygen atoms in total. The Morgan fingerprint density at radius 3 is 2.88 bits per heavy atom. The standard InChI is InChI=1S/C18H22N4O3/c23-16(21-18(24)19-13-7-8-13)11-22-9-3-4-12(10-22)17-20-14-5-1-2-6-15(14)25-17/h1-2,5-6,12-13H,3-4,7-11H2,(H2,19,21,23,24)/t12-/m0/s1. The van der Waals surface area contributed by atoms with E-state index in [0.29, 0.717) is 6.54 Å². The van der Waals surface area contributed by atoms with Crippen LogP contribution in [0.25, 0.3) is 11.1 Å². The van der Waals surface area contributed by atoms with E-state index in [9.17, 15) is 9.59 Å². The molecule has 3 amide bonds. The molecular formula is C18H22N4O3. The molecule has 4 rings (SSSR count). The summed E-state index contributed by atoms with van der Waals surface area (Å²) in [6.07, 6.45) is 3.97. The van der Waals surface area contributed by atoms with Gasteiger partial charge in [0.05, 0.1) is 6.54 Å². The number of carbonyl (C=O) groups is 2. The minimum Gasteiger partial charge on any atom is -0.440 e. The molecule has 2 N–H and O–H groups in total. The summed E-state index contributed by atoms with van der Waals surface area (Å²) in [5.41, 5.74) is 1.66. The number of benzene rings is 1. The van der Waals surface area contributed by atoms with Gasteiger partial charge in [0.2, 0.25) is 5.91 Å². The van der Waals surface area contributed by atoms with Crippen molar-refractivity contribution in [2.24, 2.45) is 0 Å². The number of fused-ring (bicyclic) bond motifs is 1. The second-order valence-electron chi connectivity index (χ2n) is 6.89. The molecule has 0 spiro atoms. The number of likely N-dealkylation sites (tertiary alicyclic amines) is 1. The number of nitrogens with zero attached hydrogens (tertiary/aromatic N) is 2. The molecule has 2 fully saturated rings. The molecule has 2 aromatic rings. The van der Waals surface area contributed by atoms with E-state index in [2.05, 4.69) is 20.5 Å². The van der Waals surface area contributed by atoms with Crippen molar-refractivity contribution >= 4 is 23.0 Å². The monoisotopic (exact) mass is 342 g/mol. The smallest absolute Gasteiger partial charge is 0.321 e. The van der Waals surface area contributed by atoms with Gasteiger partial charge in [-0.15, -0.1) is 0 Å². The lowest BCUT2D eigenvalue weighted by atomic mass is 9.98. The quantitative estimate of drug-likeness (QED) is 0.887. The highest BCUT2D eigenvalue weighted by Gasteiger charge is 2.28. The minimum atomic E-state index is -0.389. The SMILES string of the molecule is O=C(CN1CCC[C@H](c2nc3ccccc3o2)C1)NC(=O)NC1CC1. The molecular weight excluding hydrogens is 320 g/mol. The topological polar surface area (TPSA) is 87.5 Å². The first-order valence-electron chi connectivity index (χ1n) is 8.85. The number of piperidine rings is 1.